The van der Waals surface area contributed by atoms with Gasteiger partial charge < -0.3 is 0 Å². The molecule has 2 aliphatic rings. The second-order valence-electron chi connectivity index (χ2n) is 4.16. The molecule has 1 saturated carbocycles. The van der Waals surface area contributed by atoms with Crippen LogP contribution in [0.25, 0.3) is 0 Å². The number of halogens is 3. The van der Waals surface area contributed by atoms with Gasteiger partial charge in [-0.1, -0.05) is 0 Å². The summed E-state index contributed by atoms with van der Waals surface area (Å²) in [5.74, 6) is -2.99. The summed E-state index contributed by atoms with van der Waals surface area (Å²) < 4.78 is 61.7. The van der Waals surface area contributed by atoms with Crippen molar-refractivity contribution in [2.75, 3.05) is 13.1 Å². The molecule has 15 heavy (non-hydrogen) atoms. The number of piperidine rings is 1. The van der Waals surface area contributed by atoms with E-state index in [-0.39, 0.29) is 13.0 Å². The molecule has 0 amide bonds. The molecule has 0 bridgehead atoms. The summed E-state index contributed by atoms with van der Waals surface area (Å²) >= 11 is 0. The van der Waals surface area contributed by atoms with Crippen molar-refractivity contribution in [2.45, 2.75) is 24.9 Å². The maximum Gasteiger partial charge on any atom is 0.276 e. The molecule has 0 aromatic carbocycles. The van der Waals surface area contributed by atoms with Gasteiger partial charge in [-0.2, -0.15) is 12.7 Å². The Labute approximate surface area is 85.4 Å². The third-order valence-electron chi connectivity index (χ3n) is 3.27. The minimum Gasteiger partial charge on any atom is -0.245 e. The first-order valence-corrected chi connectivity index (χ1v) is 5.99. The van der Waals surface area contributed by atoms with E-state index in [4.69, 9.17) is 5.14 Å². The fraction of sp³-hybridized carbons (Fsp3) is 1.00. The molecule has 2 N–H and O–H groups in total. The number of nitrogens with two attached hydrogens (primary N) is 1. The molecule has 1 aliphatic heterocycles. The Morgan fingerprint density at radius 1 is 1.40 bits per heavy atom. The van der Waals surface area contributed by atoms with Gasteiger partial charge in [0.2, 0.25) is 0 Å². The molecule has 2 atom stereocenters. The standard InChI is InChI=1S/C7H11F3N2O2S/c8-5-3-12(15(11,13)14)2-1-6(5)4-7(6,9)10/h5H,1-4H2,(H2,11,13,14). The number of rotatable bonds is 1. The van der Waals surface area contributed by atoms with Crippen LogP contribution < -0.4 is 5.14 Å². The molecule has 88 valence electrons. The van der Waals surface area contributed by atoms with E-state index in [9.17, 15) is 21.6 Å². The topological polar surface area (TPSA) is 63.4 Å². The van der Waals surface area contributed by atoms with E-state index in [2.05, 4.69) is 0 Å². The number of hydrogen-bond acceptors (Lipinski definition) is 2. The monoisotopic (exact) mass is 244 g/mol. The van der Waals surface area contributed by atoms with Gasteiger partial charge in [0.1, 0.15) is 6.17 Å². The van der Waals surface area contributed by atoms with Gasteiger partial charge >= 0.3 is 0 Å². The van der Waals surface area contributed by atoms with Crippen molar-refractivity contribution in [2.24, 2.45) is 10.6 Å². The van der Waals surface area contributed by atoms with Crippen molar-refractivity contribution in [3.8, 4) is 0 Å². The quantitative estimate of drug-likeness (QED) is 0.719. The molecule has 2 rings (SSSR count). The van der Waals surface area contributed by atoms with E-state index in [1.165, 1.54) is 0 Å². The zero-order valence-electron chi connectivity index (χ0n) is 7.79. The highest BCUT2D eigenvalue weighted by atomic mass is 32.2. The fourth-order valence-corrected chi connectivity index (χ4v) is 2.80. The minimum atomic E-state index is -3.97. The summed E-state index contributed by atoms with van der Waals surface area (Å²) in [5, 5.41) is 4.79. The van der Waals surface area contributed by atoms with E-state index in [0.717, 1.165) is 0 Å². The average Bonchev–Trinajstić information content (AvgIpc) is 2.59. The highest BCUT2D eigenvalue weighted by molar-refractivity contribution is 7.86. The van der Waals surface area contributed by atoms with Crippen LogP contribution in [0.1, 0.15) is 12.8 Å². The van der Waals surface area contributed by atoms with Crippen molar-refractivity contribution >= 4 is 10.2 Å². The Morgan fingerprint density at radius 2 is 1.93 bits per heavy atom. The normalized spacial score (nSPS) is 40.7. The van der Waals surface area contributed by atoms with Crippen molar-refractivity contribution < 1.29 is 21.6 Å². The Balaban J connectivity index is 2.12. The Morgan fingerprint density at radius 3 is 2.27 bits per heavy atom. The van der Waals surface area contributed by atoms with E-state index < -0.39 is 40.7 Å². The van der Waals surface area contributed by atoms with Crippen LogP contribution in [0.4, 0.5) is 13.2 Å². The Hall–Kier alpha value is -0.340. The van der Waals surface area contributed by atoms with E-state index in [0.29, 0.717) is 4.31 Å². The lowest BCUT2D eigenvalue weighted by Crippen LogP contribution is -2.49. The van der Waals surface area contributed by atoms with E-state index >= 15 is 0 Å². The highest BCUT2D eigenvalue weighted by Crippen LogP contribution is 2.66. The minimum absolute atomic E-state index is 0.130. The maximum absolute atomic E-state index is 13.5. The van der Waals surface area contributed by atoms with Crippen molar-refractivity contribution in [1.29, 1.82) is 0 Å². The number of hydrogen-bond donors (Lipinski definition) is 1. The van der Waals surface area contributed by atoms with Crippen LogP contribution in [0.3, 0.4) is 0 Å². The van der Waals surface area contributed by atoms with Gasteiger partial charge in [0.25, 0.3) is 16.1 Å². The van der Waals surface area contributed by atoms with Crippen molar-refractivity contribution in [3.05, 3.63) is 0 Å². The molecular formula is C7H11F3N2O2S. The molecule has 0 aromatic heterocycles. The lowest BCUT2D eigenvalue weighted by molar-refractivity contribution is -0.00229. The fourth-order valence-electron chi connectivity index (χ4n) is 2.12. The second-order valence-corrected chi connectivity index (χ2v) is 5.70. The summed E-state index contributed by atoms with van der Waals surface area (Å²) in [7, 11) is -3.97. The average molecular weight is 244 g/mol. The molecule has 2 fully saturated rings. The molecule has 1 aliphatic carbocycles. The van der Waals surface area contributed by atoms with Gasteiger partial charge in [-0.15, -0.1) is 0 Å². The molecule has 1 saturated heterocycles. The van der Waals surface area contributed by atoms with Gasteiger partial charge in [-0.05, 0) is 6.42 Å². The zero-order valence-corrected chi connectivity index (χ0v) is 8.61. The first-order valence-electron chi connectivity index (χ1n) is 4.49. The van der Waals surface area contributed by atoms with Gasteiger partial charge in [0, 0.05) is 19.5 Å². The molecule has 0 aromatic rings. The summed E-state index contributed by atoms with van der Waals surface area (Å²) in [4.78, 5) is 0. The van der Waals surface area contributed by atoms with Crippen LogP contribution in [0, 0.1) is 5.41 Å². The van der Waals surface area contributed by atoms with Crippen LogP contribution >= 0.6 is 0 Å². The lowest BCUT2D eigenvalue weighted by atomic mass is 9.92. The third-order valence-corrected chi connectivity index (χ3v) is 4.32. The Bertz CT molecular complexity index is 386. The van der Waals surface area contributed by atoms with Gasteiger partial charge in [0.05, 0.1) is 5.41 Å². The molecule has 0 radical (unpaired) electrons. The predicted molar refractivity (Wildman–Crippen MR) is 46.2 cm³/mol. The van der Waals surface area contributed by atoms with Gasteiger partial charge in [-0.3, -0.25) is 0 Å². The van der Waals surface area contributed by atoms with E-state index in [1.54, 1.807) is 0 Å². The first-order chi connectivity index (χ1) is 6.69. The second kappa shape index (κ2) is 2.86. The van der Waals surface area contributed by atoms with Crippen molar-refractivity contribution in [1.82, 2.24) is 4.31 Å². The van der Waals surface area contributed by atoms with Crippen LogP contribution in [0.5, 0.6) is 0 Å². The summed E-state index contributed by atoms with van der Waals surface area (Å²) in [5.41, 5.74) is -1.63. The van der Waals surface area contributed by atoms with E-state index in [1.807, 2.05) is 0 Å². The molecule has 2 unspecified atom stereocenters. The van der Waals surface area contributed by atoms with Crippen molar-refractivity contribution in [3.63, 3.8) is 0 Å². The largest absolute Gasteiger partial charge is 0.276 e. The first kappa shape index (κ1) is 11.2. The smallest absolute Gasteiger partial charge is 0.245 e. The lowest BCUT2D eigenvalue weighted by Gasteiger charge is -2.32. The van der Waals surface area contributed by atoms with Gasteiger partial charge in [0.15, 0.2) is 0 Å². The number of nitrogens with zero attached hydrogens (tertiary/aromatic N) is 1. The maximum atomic E-state index is 13.5. The number of alkyl halides is 3. The molecule has 4 nitrogen and oxygen atoms in total. The van der Waals surface area contributed by atoms with Crippen LogP contribution in [-0.2, 0) is 10.2 Å². The summed E-state index contributed by atoms with van der Waals surface area (Å²) in [6.07, 6.45) is -2.49. The van der Waals surface area contributed by atoms with Crippen LogP contribution in [-0.4, -0.2) is 37.9 Å². The predicted octanol–water partition coefficient (Wildman–Crippen LogP) is 0.259. The van der Waals surface area contributed by atoms with Crippen LogP contribution in [0.2, 0.25) is 0 Å². The molecule has 8 heteroatoms. The molecule has 1 heterocycles. The molecular weight excluding hydrogens is 233 g/mol. The summed E-state index contributed by atoms with van der Waals surface area (Å²) in [6, 6.07) is 0. The third kappa shape index (κ3) is 1.55. The van der Waals surface area contributed by atoms with Crippen LogP contribution in [0.15, 0.2) is 0 Å². The SMILES string of the molecule is NS(=O)(=O)N1CCC2(CC2(F)F)C(F)C1. The highest BCUT2D eigenvalue weighted by Gasteiger charge is 2.75. The zero-order chi connectivity index (χ0) is 11.5. The van der Waals surface area contributed by atoms with Gasteiger partial charge in [-0.25, -0.2) is 18.3 Å². The molecule has 1 spiro atoms. The summed E-state index contributed by atoms with van der Waals surface area (Å²) in [6.45, 7) is -0.691. The Kier molecular flexibility index (Phi) is 2.13.